The molecular formula is C15H16N4O5S. The number of aryl methyl sites for hydroxylation is 1. The molecule has 1 aromatic heterocycles. The predicted octanol–water partition coefficient (Wildman–Crippen LogP) is 2.41. The highest BCUT2D eigenvalue weighted by Crippen LogP contribution is 2.24. The highest BCUT2D eigenvalue weighted by atomic mass is 32.1. The lowest BCUT2D eigenvalue weighted by Crippen LogP contribution is -2.16. The predicted molar refractivity (Wildman–Crippen MR) is 92.2 cm³/mol. The highest BCUT2D eigenvalue weighted by Gasteiger charge is 2.15. The van der Waals surface area contributed by atoms with Gasteiger partial charge in [-0.05, 0) is 19.1 Å². The number of nitrogens with one attached hydrogen (secondary N) is 2. The molecule has 0 radical (unpaired) electrons. The Bertz CT molecular complexity index is 805. The van der Waals surface area contributed by atoms with E-state index in [0.29, 0.717) is 28.5 Å². The summed E-state index contributed by atoms with van der Waals surface area (Å²) in [4.78, 5) is 43.1. The summed E-state index contributed by atoms with van der Waals surface area (Å²) in [5.74, 6) is -0.690. The van der Waals surface area contributed by atoms with E-state index in [1.807, 2.05) is 0 Å². The zero-order valence-corrected chi connectivity index (χ0v) is 14.4. The number of aromatic nitrogens is 1. The van der Waals surface area contributed by atoms with Gasteiger partial charge in [0.2, 0.25) is 5.91 Å². The fraction of sp³-hybridized carbons (Fsp3) is 0.267. The molecule has 2 rings (SSSR count). The van der Waals surface area contributed by atoms with E-state index in [9.17, 15) is 19.7 Å². The number of carbonyl (C=O) groups excluding carboxylic acids is 2. The lowest BCUT2D eigenvalue weighted by molar-refractivity contribution is -0.757. The zero-order chi connectivity index (χ0) is 18.4. The van der Waals surface area contributed by atoms with Crippen molar-refractivity contribution < 1.29 is 19.5 Å². The molecule has 2 amide bonds. The Kier molecular flexibility index (Phi) is 6.01. The molecule has 1 aromatic carbocycles. The molecule has 0 unspecified atom stereocenters. The fourth-order valence-electron chi connectivity index (χ4n) is 2.07. The van der Waals surface area contributed by atoms with Crippen molar-refractivity contribution in [1.29, 1.82) is 0 Å². The van der Waals surface area contributed by atoms with Crippen molar-refractivity contribution in [3.8, 4) is 0 Å². The molecule has 2 N–H and O–H groups in total. The molecule has 0 aliphatic carbocycles. The number of anilines is 2. The van der Waals surface area contributed by atoms with Crippen LogP contribution < -0.4 is 10.6 Å². The van der Waals surface area contributed by atoms with Crippen molar-refractivity contribution in [3.63, 3.8) is 0 Å². The quantitative estimate of drug-likeness (QED) is 0.574. The third-order valence-electron chi connectivity index (χ3n) is 3.12. The molecule has 9 nitrogen and oxygen atoms in total. The number of rotatable bonds is 7. The van der Waals surface area contributed by atoms with Crippen LogP contribution in [0.1, 0.15) is 27.9 Å². The Labute approximate surface area is 147 Å². The lowest BCUT2D eigenvalue weighted by Gasteiger charge is -2.08. The first-order valence-electron chi connectivity index (χ1n) is 7.28. The maximum atomic E-state index is 12.4. The van der Waals surface area contributed by atoms with E-state index in [0.717, 1.165) is 4.88 Å². The lowest BCUT2D eigenvalue weighted by atomic mass is 10.1. The average Bonchev–Trinajstić information content (AvgIpc) is 2.86. The smallest absolute Gasteiger partial charge is 0.294 e. The van der Waals surface area contributed by atoms with Gasteiger partial charge in [-0.15, -0.1) is 21.5 Å². The SMILES string of the molecule is CC(=O)Nc1ccccc1C(=O)Nc1nc(C)c(CCO[N+](=O)[O-])s1. The summed E-state index contributed by atoms with van der Waals surface area (Å²) in [6, 6.07) is 6.62. The van der Waals surface area contributed by atoms with Crippen molar-refractivity contribution in [2.24, 2.45) is 0 Å². The van der Waals surface area contributed by atoms with Gasteiger partial charge in [-0.1, -0.05) is 12.1 Å². The van der Waals surface area contributed by atoms with Crippen LogP contribution in [-0.2, 0) is 16.1 Å². The molecule has 2 aromatic rings. The summed E-state index contributed by atoms with van der Waals surface area (Å²) in [6.45, 7) is 3.03. The molecule has 0 spiro atoms. The molecule has 0 fully saturated rings. The third kappa shape index (κ3) is 5.24. The van der Waals surface area contributed by atoms with Crippen LogP contribution in [0.15, 0.2) is 24.3 Å². The first kappa shape index (κ1) is 18.3. The van der Waals surface area contributed by atoms with Crippen LogP contribution in [0.5, 0.6) is 0 Å². The van der Waals surface area contributed by atoms with Crippen molar-refractivity contribution in [2.45, 2.75) is 20.3 Å². The molecule has 1 heterocycles. The maximum Gasteiger partial charge on any atom is 0.294 e. The van der Waals surface area contributed by atoms with Gasteiger partial charge in [-0.2, -0.15) is 0 Å². The van der Waals surface area contributed by atoms with Gasteiger partial charge in [-0.3, -0.25) is 14.9 Å². The van der Waals surface area contributed by atoms with E-state index in [4.69, 9.17) is 0 Å². The van der Waals surface area contributed by atoms with Crippen LogP contribution in [0.25, 0.3) is 0 Å². The number of hydrogen-bond donors (Lipinski definition) is 2. The van der Waals surface area contributed by atoms with Crippen LogP contribution in [0.3, 0.4) is 0 Å². The number of hydrogen-bond acceptors (Lipinski definition) is 7. The molecular weight excluding hydrogens is 348 g/mol. The summed E-state index contributed by atoms with van der Waals surface area (Å²) >= 11 is 1.22. The Morgan fingerprint density at radius 2 is 2.04 bits per heavy atom. The van der Waals surface area contributed by atoms with E-state index in [2.05, 4.69) is 20.5 Å². The van der Waals surface area contributed by atoms with Crippen molar-refractivity contribution in [2.75, 3.05) is 17.2 Å². The summed E-state index contributed by atoms with van der Waals surface area (Å²) in [5, 5.41) is 15.0. The molecule has 0 atom stereocenters. The molecule has 10 heteroatoms. The van der Waals surface area contributed by atoms with E-state index in [1.165, 1.54) is 18.3 Å². The minimum absolute atomic E-state index is 0.0746. The second-order valence-corrected chi connectivity index (χ2v) is 6.10. The van der Waals surface area contributed by atoms with Gasteiger partial charge < -0.3 is 10.2 Å². The Hall–Kier alpha value is -3.01. The molecule has 0 saturated carbocycles. The fourth-order valence-corrected chi connectivity index (χ4v) is 3.01. The summed E-state index contributed by atoms with van der Waals surface area (Å²) in [6.07, 6.45) is 0.322. The number of benzene rings is 1. The van der Waals surface area contributed by atoms with Crippen molar-refractivity contribution in [1.82, 2.24) is 4.98 Å². The monoisotopic (exact) mass is 364 g/mol. The average molecular weight is 364 g/mol. The zero-order valence-electron chi connectivity index (χ0n) is 13.6. The number of para-hydroxylation sites is 1. The normalized spacial score (nSPS) is 10.2. The molecule has 0 aliphatic rings. The van der Waals surface area contributed by atoms with Crippen molar-refractivity contribution >= 4 is 34.0 Å². The Morgan fingerprint density at radius 1 is 1.32 bits per heavy atom. The number of carbonyl (C=O) groups is 2. The largest absolute Gasteiger partial charge is 0.326 e. The third-order valence-corrected chi connectivity index (χ3v) is 4.25. The topological polar surface area (TPSA) is 123 Å². The first-order valence-corrected chi connectivity index (χ1v) is 8.10. The summed E-state index contributed by atoms with van der Waals surface area (Å²) in [7, 11) is 0. The van der Waals surface area contributed by atoms with Gasteiger partial charge in [0, 0.05) is 18.2 Å². The maximum absolute atomic E-state index is 12.4. The van der Waals surface area contributed by atoms with Gasteiger partial charge in [0.15, 0.2) is 5.13 Å². The summed E-state index contributed by atoms with van der Waals surface area (Å²) < 4.78 is 0. The van der Waals surface area contributed by atoms with Crippen LogP contribution in [0.4, 0.5) is 10.8 Å². The Balaban J connectivity index is 2.08. The van der Waals surface area contributed by atoms with Crippen molar-refractivity contribution in [3.05, 3.63) is 50.5 Å². The second kappa shape index (κ2) is 8.20. The van der Waals surface area contributed by atoms with Gasteiger partial charge in [0.25, 0.3) is 11.0 Å². The van der Waals surface area contributed by atoms with E-state index in [1.54, 1.807) is 31.2 Å². The van der Waals surface area contributed by atoms with Gasteiger partial charge in [0.1, 0.15) is 6.61 Å². The second-order valence-electron chi connectivity index (χ2n) is 5.02. The van der Waals surface area contributed by atoms with E-state index >= 15 is 0 Å². The van der Waals surface area contributed by atoms with Crippen LogP contribution >= 0.6 is 11.3 Å². The van der Waals surface area contributed by atoms with Crippen LogP contribution in [0.2, 0.25) is 0 Å². The van der Waals surface area contributed by atoms with Gasteiger partial charge in [-0.25, -0.2) is 4.98 Å². The minimum Gasteiger partial charge on any atom is -0.326 e. The van der Waals surface area contributed by atoms with E-state index in [-0.39, 0.29) is 12.5 Å². The summed E-state index contributed by atoms with van der Waals surface area (Å²) in [5.41, 5.74) is 1.38. The van der Waals surface area contributed by atoms with Gasteiger partial charge in [0.05, 0.1) is 16.9 Å². The highest BCUT2D eigenvalue weighted by molar-refractivity contribution is 7.15. The standard InChI is InChI=1S/C15H16N4O5S/c1-9-13(7-8-24-19(22)23)25-15(16-9)18-14(21)11-5-3-4-6-12(11)17-10(2)20/h3-6H,7-8H2,1-2H3,(H,17,20)(H,16,18,21). The first-order chi connectivity index (χ1) is 11.9. The van der Waals surface area contributed by atoms with Crippen LogP contribution in [-0.4, -0.2) is 28.5 Å². The number of nitrogens with zero attached hydrogens (tertiary/aromatic N) is 2. The molecule has 0 saturated heterocycles. The van der Waals surface area contributed by atoms with Gasteiger partial charge >= 0.3 is 0 Å². The number of thiazole rings is 1. The molecule has 0 aliphatic heterocycles. The van der Waals surface area contributed by atoms with E-state index < -0.39 is 11.0 Å². The minimum atomic E-state index is -0.849. The number of amides is 2. The Morgan fingerprint density at radius 3 is 2.72 bits per heavy atom. The molecule has 25 heavy (non-hydrogen) atoms. The molecule has 0 bridgehead atoms. The van der Waals surface area contributed by atoms with Crippen LogP contribution in [0, 0.1) is 17.0 Å². The molecule has 132 valence electrons.